The third-order valence-electron chi connectivity index (χ3n) is 6.20. The van der Waals surface area contributed by atoms with E-state index in [-0.39, 0.29) is 5.60 Å². The van der Waals surface area contributed by atoms with Crippen LogP contribution in [-0.4, -0.2) is 53.1 Å². The molecule has 2 aromatic rings. The fourth-order valence-corrected chi connectivity index (χ4v) is 4.70. The van der Waals surface area contributed by atoms with Gasteiger partial charge in [-0.2, -0.15) is 5.10 Å². The minimum absolute atomic E-state index is 0.105. The average molecular weight is 369 g/mol. The summed E-state index contributed by atoms with van der Waals surface area (Å²) in [5.74, 6) is 0. The number of aromatic nitrogens is 2. The fourth-order valence-electron chi connectivity index (χ4n) is 4.70. The van der Waals surface area contributed by atoms with Gasteiger partial charge in [-0.15, -0.1) is 0 Å². The van der Waals surface area contributed by atoms with E-state index in [1.54, 1.807) is 0 Å². The predicted molar refractivity (Wildman–Crippen MR) is 108 cm³/mol. The molecular formula is C22H32N4O. The molecule has 1 N–H and O–H groups in total. The van der Waals surface area contributed by atoms with Crippen molar-refractivity contribution < 1.29 is 4.74 Å². The van der Waals surface area contributed by atoms with Gasteiger partial charge in [0.15, 0.2) is 0 Å². The van der Waals surface area contributed by atoms with Crippen LogP contribution in [0, 0.1) is 13.8 Å². The summed E-state index contributed by atoms with van der Waals surface area (Å²) >= 11 is 0. The molecule has 5 nitrogen and oxygen atoms in total. The molecule has 2 saturated heterocycles. The predicted octanol–water partition coefficient (Wildman–Crippen LogP) is 3.22. The number of piperidine rings is 1. The maximum Gasteiger partial charge on any atom is 0.0721 e. The Bertz CT molecular complexity index is 773. The van der Waals surface area contributed by atoms with E-state index in [0.717, 1.165) is 63.3 Å². The lowest BCUT2D eigenvalue weighted by molar-refractivity contribution is -0.119. The summed E-state index contributed by atoms with van der Waals surface area (Å²) in [5.41, 5.74) is 4.83. The summed E-state index contributed by atoms with van der Waals surface area (Å²) in [6.45, 7) is 8.18. The van der Waals surface area contributed by atoms with E-state index in [1.807, 2.05) is 11.6 Å². The van der Waals surface area contributed by atoms with Gasteiger partial charge in [0, 0.05) is 24.9 Å². The molecule has 3 heterocycles. The van der Waals surface area contributed by atoms with Gasteiger partial charge >= 0.3 is 0 Å². The number of aryl methyl sites for hydroxylation is 2. The van der Waals surface area contributed by atoms with Gasteiger partial charge in [-0.25, -0.2) is 4.68 Å². The second-order valence-electron chi connectivity index (χ2n) is 8.35. The Labute approximate surface area is 162 Å². The van der Waals surface area contributed by atoms with Crippen LogP contribution < -0.4 is 5.32 Å². The SMILES string of the molecule is Cc1cc(C)n(-c2cccc(CN(C)C3CCOC4(CCNCC4)C3)c2)n1. The van der Waals surface area contributed by atoms with Gasteiger partial charge in [-0.1, -0.05) is 12.1 Å². The topological polar surface area (TPSA) is 42.3 Å². The molecule has 5 heteroatoms. The lowest BCUT2D eigenvalue weighted by Crippen LogP contribution is -2.52. The summed E-state index contributed by atoms with van der Waals surface area (Å²) in [6.07, 6.45) is 4.57. The van der Waals surface area contributed by atoms with Gasteiger partial charge in [0.1, 0.15) is 0 Å². The molecule has 1 atom stereocenters. The van der Waals surface area contributed by atoms with Gasteiger partial charge in [-0.3, -0.25) is 4.90 Å². The fraction of sp³-hybridized carbons (Fsp3) is 0.591. The van der Waals surface area contributed by atoms with Crippen LogP contribution in [0.15, 0.2) is 30.3 Å². The van der Waals surface area contributed by atoms with Gasteiger partial charge in [0.2, 0.25) is 0 Å². The van der Waals surface area contributed by atoms with Gasteiger partial charge in [0.25, 0.3) is 0 Å². The number of nitrogens with one attached hydrogen (secondary N) is 1. The van der Waals surface area contributed by atoms with Crippen molar-refractivity contribution in [1.82, 2.24) is 20.0 Å². The highest BCUT2D eigenvalue weighted by atomic mass is 16.5. The van der Waals surface area contributed by atoms with Crippen LogP contribution in [0.1, 0.15) is 42.6 Å². The summed E-state index contributed by atoms with van der Waals surface area (Å²) in [6, 6.07) is 11.5. The minimum atomic E-state index is 0.105. The van der Waals surface area contributed by atoms with E-state index in [9.17, 15) is 0 Å². The molecule has 1 aromatic heterocycles. The Morgan fingerprint density at radius 2 is 2.07 bits per heavy atom. The average Bonchev–Trinajstić information content (AvgIpc) is 3.01. The highest BCUT2D eigenvalue weighted by Crippen LogP contribution is 2.35. The Balaban J connectivity index is 1.45. The van der Waals surface area contributed by atoms with E-state index >= 15 is 0 Å². The van der Waals surface area contributed by atoms with Crippen LogP contribution in [0.3, 0.4) is 0 Å². The molecule has 4 rings (SSSR count). The van der Waals surface area contributed by atoms with E-state index < -0.39 is 0 Å². The molecule has 2 aliphatic heterocycles. The first-order chi connectivity index (χ1) is 13.0. The normalized spacial score (nSPS) is 22.4. The number of benzene rings is 1. The number of rotatable bonds is 4. The number of hydrogen-bond acceptors (Lipinski definition) is 4. The molecule has 146 valence electrons. The van der Waals surface area contributed by atoms with E-state index in [4.69, 9.17) is 4.74 Å². The minimum Gasteiger partial charge on any atom is -0.375 e. The van der Waals surface area contributed by atoms with Crippen molar-refractivity contribution in [3.63, 3.8) is 0 Å². The Hall–Kier alpha value is -1.69. The summed E-state index contributed by atoms with van der Waals surface area (Å²) in [5, 5.41) is 8.09. The number of ether oxygens (including phenoxy) is 1. The molecule has 0 radical (unpaired) electrons. The second kappa shape index (κ2) is 7.74. The zero-order chi connectivity index (χ0) is 18.9. The van der Waals surface area contributed by atoms with Crippen LogP contribution in [0.2, 0.25) is 0 Å². The monoisotopic (exact) mass is 368 g/mol. The van der Waals surface area contributed by atoms with E-state index in [0.29, 0.717) is 6.04 Å². The molecule has 0 bridgehead atoms. The van der Waals surface area contributed by atoms with Crippen LogP contribution in [0.5, 0.6) is 0 Å². The van der Waals surface area contributed by atoms with Crippen molar-refractivity contribution in [3.05, 3.63) is 47.3 Å². The Kier molecular flexibility index (Phi) is 5.35. The first-order valence-corrected chi connectivity index (χ1v) is 10.2. The smallest absolute Gasteiger partial charge is 0.0721 e. The van der Waals surface area contributed by atoms with Gasteiger partial charge in [0.05, 0.1) is 17.0 Å². The molecular weight excluding hydrogens is 336 g/mol. The summed E-state index contributed by atoms with van der Waals surface area (Å²) in [7, 11) is 2.26. The second-order valence-corrected chi connectivity index (χ2v) is 8.35. The molecule has 2 fully saturated rings. The Morgan fingerprint density at radius 1 is 1.26 bits per heavy atom. The van der Waals surface area contributed by atoms with Crippen LogP contribution in [0.25, 0.3) is 5.69 Å². The highest BCUT2D eigenvalue weighted by Gasteiger charge is 2.39. The molecule has 1 aromatic carbocycles. The van der Waals surface area contributed by atoms with Crippen molar-refractivity contribution in [3.8, 4) is 5.69 Å². The lowest BCUT2D eigenvalue weighted by Gasteiger charge is -2.46. The van der Waals surface area contributed by atoms with Crippen molar-refractivity contribution in [2.75, 3.05) is 26.7 Å². The lowest BCUT2D eigenvalue weighted by atomic mass is 9.82. The zero-order valence-electron chi connectivity index (χ0n) is 16.9. The van der Waals surface area contributed by atoms with Crippen molar-refractivity contribution >= 4 is 0 Å². The molecule has 0 saturated carbocycles. The van der Waals surface area contributed by atoms with Crippen LogP contribution in [0.4, 0.5) is 0 Å². The molecule has 1 spiro atoms. The standard InChI is InChI=1S/C22H32N4O/c1-17-13-18(2)26(24-17)20-6-4-5-19(14-20)16-25(3)21-7-12-27-22(15-21)8-10-23-11-9-22/h4-6,13-14,21,23H,7-12,15-16H2,1-3H3. The summed E-state index contributed by atoms with van der Waals surface area (Å²) < 4.78 is 8.29. The van der Waals surface area contributed by atoms with Gasteiger partial charge in [-0.05, 0) is 83.4 Å². The van der Waals surface area contributed by atoms with Crippen molar-refractivity contribution in [1.29, 1.82) is 0 Å². The quantitative estimate of drug-likeness (QED) is 0.900. The summed E-state index contributed by atoms with van der Waals surface area (Å²) in [4.78, 5) is 2.52. The van der Waals surface area contributed by atoms with Crippen molar-refractivity contribution in [2.24, 2.45) is 0 Å². The molecule has 1 unspecified atom stereocenters. The molecule has 27 heavy (non-hydrogen) atoms. The first-order valence-electron chi connectivity index (χ1n) is 10.2. The maximum atomic E-state index is 6.25. The number of hydrogen-bond donors (Lipinski definition) is 1. The highest BCUT2D eigenvalue weighted by molar-refractivity contribution is 5.37. The van der Waals surface area contributed by atoms with Crippen LogP contribution in [-0.2, 0) is 11.3 Å². The van der Waals surface area contributed by atoms with Crippen LogP contribution >= 0.6 is 0 Å². The van der Waals surface area contributed by atoms with E-state index in [2.05, 4.69) is 59.6 Å². The molecule has 0 amide bonds. The maximum absolute atomic E-state index is 6.25. The first kappa shape index (κ1) is 18.7. The number of nitrogens with zero attached hydrogens (tertiary/aromatic N) is 3. The van der Waals surface area contributed by atoms with Gasteiger partial charge < -0.3 is 10.1 Å². The van der Waals surface area contributed by atoms with Crippen molar-refractivity contribution in [2.45, 2.75) is 57.7 Å². The molecule has 0 aliphatic carbocycles. The largest absolute Gasteiger partial charge is 0.375 e. The van der Waals surface area contributed by atoms with E-state index in [1.165, 1.54) is 11.3 Å². The Morgan fingerprint density at radius 3 is 2.81 bits per heavy atom. The molecule has 2 aliphatic rings. The third-order valence-corrected chi connectivity index (χ3v) is 6.20. The zero-order valence-corrected chi connectivity index (χ0v) is 16.9. The third kappa shape index (κ3) is 4.10.